The lowest BCUT2D eigenvalue weighted by atomic mass is 9.81. The van der Waals surface area contributed by atoms with Crippen LogP contribution in [0, 0.1) is 5.92 Å². The summed E-state index contributed by atoms with van der Waals surface area (Å²) in [5.74, 6) is 0.950. The van der Waals surface area contributed by atoms with Crippen LogP contribution >= 0.6 is 0 Å². The average molecular weight is 194 g/mol. The summed E-state index contributed by atoms with van der Waals surface area (Å²) in [6.45, 7) is 4.51. The number of rotatable bonds is 5. The van der Waals surface area contributed by atoms with Crippen molar-refractivity contribution < 1.29 is 0 Å². The molecule has 0 spiro atoms. The van der Waals surface area contributed by atoms with Crippen molar-refractivity contribution in [2.45, 2.75) is 71.6 Å². The van der Waals surface area contributed by atoms with E-state index in [2.05, 4.69) is 19.9 Å². The minimum Gasteiger partial charge on any atom is -0.0882 e. The van der Waals surface area contributed by atoms with Crippen molar-refractivity contribution in [1.29, 1.82) is 0 Å². The Bertz CT molecular complexity index is 167. The maximum atomic E-state index is 2.38. The Kier molecular flexibility index (Phi) is 5.98. The van der Waals surface area contributed by atoms with Gasteiger partial charge in [-0.2, -0.15) is 0 Å². The van der Waals surface area contributed by atoms with Crippen LogP contribution < -0.4 is 0 Å². The van der Waals surface area contributed by atoms with Crippen molar-refractivity contribution in [2.75, 3.05) is 0 Å². The van der Waals surface area contributed by atoms with Crippen LogP contribution in [0.4, 0.5) is 0 Å². The van der Waals surface area contributed by atoms with Gasteiger partial charge in [0.15, 0.2) is 0 Å². The van der Waals surface area contributed by atoms with Crippen LogP contribution in [-0.4, -0.2) is 0 Å². The van der Waals surface area contributed by atoms with Gasteiger partial charge in [-0.25, -0.2) is 0 Å². The molecule has 82 valence electrons. The molecule has 0 heteroatoms. The monoisotopic (exact) mass is 194 g/mol. The SMILES string of the molecule is CC=C1CCCCC1CCCCCC. The second-order valence-corrected chi connectivity index (χ2v) is 4.66. The first-order valence-electron chi connectivity index (χ1n) is 6.53. The summed E-state index contributed by atoms with van der Waals surface area (Å²) in [6, 6.07) is 0. The van der Waals surface area contributed by atoms with E-state index in [1.54, 1.807) is 5.57 Å². The first-order chi connectivity index (χ1) is 6.88. The molecule has 1 aliphatic rings. The fourth-order valence-corrected chi connectivity index (χ4v) is 2.64. The summed E-state index contributed by atoms with van der Waals surface area (Å²) < 4.78 is 0. The molecule has 0 heterocycles. The van der Waals surface area contributed by atoms with E-state index < -0.39 is 0 Å². The fraction of sp³-hybridized carbons (Fsp3) is 0.857. The quantitative estimate of drug-likeness (QED) is 0.422. The van der Waals surface area contributed by atoms with Gasteiger partial charge in [-0.15, -0.1) is 0 Å². The maximum absolute atomic E-state index is 2.38. The Morgan fingerprint density at radius 3 is 2.79 bits per heavy atom. The Morgan fingerprint density at radius 1 is 1.21 bits per heavy atom. The van der Waals surface area contributed by atoms with Crippen LogP contribution in [0.5, 0.6) is 0 Å². The summed E-state index contributed by atoms with van der Waals surface area (Å²) in [6.07, 6.45) is 15.3. The van der Waals surface area contributed by atoms with Crippen molar-refractivity contribution in [3.05, 3.63) is 11.6 Å². The van der Waals surface area contributed by atoms with Gasteiger partial charge in [-0.1, -0.05) is 50.7 Å². The molecular weight excluding hydrogens is 168 g/mol. The van der Waals surface area contributed by atoms with Gasteiger partial charge in [0, 0.05) is 0 Å². The molecule has 1 aliphatic carbocycles. The normalized spacial score (nSPS) is 25.6. The van der Waals surface area contributed by atoms with Crippen LogP contribution in [0.3, 0.4) is 0 Å². The lowest BCUT2D eigenvalue weighted by molar-refractivity contribution is 0.410. The molecule has 0 N–H and O–H groups in total. The average Bonchev–Trinajstić information content (AvgIpc) is 2.25. The van der Waals surface area contributed by atoms with E-state index in [0.717, 1.165) is 5.92 Å². The lowest BCUT2D eigenvalue weighted by Gasteiger charge is -2.25. The second-order valence-electron chi connectivity index (χ2n) is 4.66. The van der Waals surface area contributed by atoms with Crippen molar-refractivity contribution in [2.24, 2.45) is 5.92 Å². The minimum absolute atomic E-state index is 0.950. The molecular formula is C14H26. The summed E-state index contributed by atoms with van der Waals surface area (Å²) >= 11 is 0. The molecule has 0 nitrogen and oxygen atoms in total. The lowest BCUT2D eigenvalue weighted by Crippen LogP contribution is -2.09. The van der Waals surface area contributed by atoms with Gasteiger partial charge < -0.3 is 0 Å². The Hall–Kier alpha value is -0.260. The van der Waals surface area contributed by atoms with Crippen LogP contribution in [0.25, 0.3) is 0 Å². The third kappa shape index (κ3) is 3.86. The predicted molar refractivity (Wildman–Crippen MR) is 64.5 cm³/mol. The first-order valence-corrected chi connectivity index (χ1v) is 6.53. The van der Waals surface area contributed by atoms with Crippen LogP contribution in [0.1, 0.15) is 71.6 Å². The molecule has 0 aromatic heterocycles. The zero-order valence-corrected chi connectivity index (χ0v) is 10.0. The van der Waals surface area contributed by atoms with Crippen molar-refractivity contribution >= 4 is 0 Å². The molecule has 0 aromatic rings. The van der Waals surface area contributed by atoms with E-state index in [9.17, 15) is 0 Å². The molecule has 0 amide bonds. The summed E-state index contributed by atoms with van der Waals surface area (Å²) in [5.41, 5.74) is 1.76. The van der Waals surface area contributed by atoms with Gasteiger partial charge >= 0.3 is 0 Å². The van der Waals surface area contributed by atoms with Gasteiger partial charge in [-0.05, 0) is 38.5 Å². The first kappa shape index (κ1) is 11.8. The van der Waals surface area contributed by atoms with E-state index in [0.29, 0.717) is 0 Å². The van der Waals surface area contributed by atoms with Gasteiger partial charge in [-0.3, -0.25) is 0 Å². The highest BCUT2D eigenvalue weighted by Crippen LogP contribution is 2.32. The molecule has 1 fully saturated rings. The largest absolute Gasteiger partial charge is 0.0882 e. The van der Waals surface area contributed by atoms with Gasteiger partial charge in [0.2, 0.25) is 0 Å². The molecule has 1 atom stereocenters. The minimum atomic E-state index is 0.950. The third-order valence-electron chi connectivity index (χ3n) is 3.57. The van der Waals surface area contributed by atoms with Gasteiger partial charge in [0.05, 0.1) is 0 Å². The van der Waals surface area contributed by atoms with Crippen LogP contribution in [0.2, 0.25) is 0 Å². The zero-order chi connectivity index (χ0) is 10.2. The third-order valence-corrected chi connectivity index (χ3v) is 3.57. The summed E-state index contributed by atoms with van der Waals surface area (Å²) in [5, 5.41) is 0. The highest BCUT2D eigenvalue weighted by atomic mass is 14.2. The Morgan fingerprint density at radius 2 is 2.07 bits per heavy atom. The maximum Gasteiger partial charge on any atom is -0.0203 e. The van der Waals surface area contributed by atoms with E-state index >= 15 is 0 Å². The van der Waals surface area contributed by atoms with Crippen molar-refractivity contribution in [1.82, 2.24) is 0 Å². The number of unbranched alkanes of at least 4 members (excludes halogenated alkanes) is 3. The summed E-state index contributed by atoms with van der Waals surface area (Å²) in [7, 11) is 0. The fourth-order valence-electron chi connectivity index (χ4n) is 2.64. The van der Waals surface area contributed by atoms with Gasteiger partial charge in [0.1, 0.15) is 0 Å². The van der Waals surface area contributed by atoms with Crippen molar-refractivity contribution in [3.8, 4) is 0 Å². The molecule has 0 saturated heterocycles. The molecule has 1 rings (SSSR count). The number of hydrogen-bond donors (Lipinski definition) is 0. The molecule has 0 aromatic carbocycles. The Labute approximate surface area is 89.8 Å². The Balaban J connectivity index is 2.20. The highest BCUT2D eigenvalue weighted by Gasteiger charge is 2.17. The van der Waals surface area contributed by atoms with E-state index in [1.165, 1.54) is 57.8 Å². The van der Waals surface area contributed by atoms with E-state index in [4.69, 9.17) is 0 Å². The van der Waals surface area contributed by atoms with E-state index in [-0.39, 0.29) is 0 Å². The molecule has 0 radical (unpaired) electrons. The van der Waals surface area contributed by atoms with Crippen LogP contribution in [-0.2, 0) is 0 Å². The highest BCUT2D eigenvalue weighted by molar-refractivity contribution is 5.07. The molecule has 0 bridgehead atoms. The number of allylic oxidation sites excluding steroid dienone is 2. The number of hydrogen-bond acceptors (Lipinski definition) is 0. The van der Waals surface area contributed by atoms with Gasteiger partial charge in [0.25, 0.3) is 0 Å². The summed E-state index contributed by atoms with van der Waals surface area (Å²) in [4.78, 5) is 0. The van der Waals surface area contributed by atoms with Crippen LogP contribution in [0.15, 0.2) is 11.6 Å². The zero-order valence-electron chi connectivity index (χ0n) is 10.0. The molecule has 0 aliphatic heterocycles. The molecule has 1 saturated carbocycles. The molecule has 1 unspecified atom stereocenters. The predicted octanol–water partition coefficient (Wildman–Crippen LogP) is 5.09. The smallest absolute Gasteiger partial charge is 0.0203 e. The standard InChI is InChI=1S/C14H26/c1-3-5-6-7-11-14-12-9-8-10-13(14)4-2/h4,14H,3,5-12H2,1-2H3. The second kappa shape index (κ2) is 7.09. The molecule has 14 heavy (non-hydrogen) atoms. The van der Waals surface area contributed by atoms with E-state index in [1.807, 2.05) is 0 Å². The topological polar surface area (TPSA) is 0 Å². The van der Waals surface area contributed by atoms with Crippen molar-refractivity contribution in [3.63, 3.8) is 0 Å².